The van der Waals surface area contributed by atoms with Gasteiger partial charge in [-0.1, -0.05) is 11.8 Å². The second-order valence-corrected chi connectivity index (χ2v) is 7.22. The van der Waals surface area contributed by atoms with Gasteiger partial charge >= 0.3 is 5.69 Å². The fraction of sp³-hybridized carbons (Fsp3) is 0.278. The van der Waals surface area contributed by atoms with Crippen molar-refractivity contribution in [1.82, 2.24) is 19.3 Å². The van der Waals surface area contributed by atoms with E-state index in [2.05, 4.69) is 10.2 Å². The third kappa shape index (κ3) is 4.27. The van der Waals surface area contributed by atoms with Crippen LogP contribution in [0.25, 0.3) is 0 Å². The number of ketones is 1. The van der Waals surface area contributed by atoms with E-state index in [0.717, 1.165) is 20.9 Å². The van der Waals surface area contributed by atoms with E-state index < -0.39 is 23.1 Å². The first-order valence-corrected chi connectivity index (χ1v) is 9.64. The number of thioether (sulfide) groups is 1. The molecule has 0 aliphatic carbocycles. The first kappa shape index (κ1) is 21.3. The van der Waals surface area contributed by atoms with Gasteiger partial charge < -0.3 is 14.9 Å². The normalized spacial score (nSPS) is 12.0. The predicted molar refractivity (Wildman–Crippen MR) is 106 cm³/mol. The minimum atomic E-state index is -0.770. The number of aromatic nitrogens is 4. The van der Waals surface area contributed by atoms with Crippen LogP contribution < -0.4 is 21.7 Å². The van der Waals surface area contributed by atoms with Crippen LogP contribution in [-0.2, 0) is 14.1 Å². The lowest BCUT2D eigenvalue weighted by Gasteiger charge is -2.10. The standard InChI is InChI=1S/C18H18FN5O5S/c1-9(28-11-6-4-10(19)5-7-11)15-21-22-17(29-15)30-8-12(25)13-14(20)23(2)18(27)24(3)16(13)26/h4-7,9H,8,20H2,1-3H3/t9-/m0/s1. The molecule has 30 heavy (non-hydrogen) atoms. The van der Waals surface area contributed by atoms with Crippen molar-refractivity contribution in [2.24, 2.45) is 14.1 Å². The highest BCUT2D eigenvalue weighted by Crippen LogP contribution is 2.24. The van der Waals surface area contributed by atoms with Crippen molar-refractivity contribution in [3.63, 3.8) is 0 Å². The monoisotopic (exact) mass is 435 g/mol. The van der Waals surface area contributed by atoms with Crippen LogP contribution in [0.1, 0.15) is 29.3 Å². The molecule has 1 atom stereocenters. The van der Waals surface area contributed by atoms with E-state index in [1.807, 2.05) is 0 Å². The average Bonchev–Trinajstić information content (AvgIpc) is 3.20. The molecule has 10 nitrogen and oxygen atoms in total. The van der Waals surface area contributed by atoms with Crippen LogP contribution in [0.15, 0.2) is 43.5 Å². The molecule has 0 aliphatic heterocycles. The van der Waals surface area contributed by atoms with Crippen molar-refractivity contribution in [3.8, 4) is 5.75 Å². The molecule has 0 unspecified atom stereocenters. The number of Topliss-reactive ketones (excluding diaryl/α,β-unsaturated/α-hetero) is 1. The maximum Gasteiger partial charge on any atom is 0.332 e. The van der Waals surface area contributed by atoms with Crippen LogP contribution in [0.3, 0.4) is 0 Å². The summed E-state index contributed by atoms with van der Waals surface area (Å²) in [5.74, 6) is -0.790. The van der Waals surface area contributed by atoms with Crippen LogP contribution in [0.5, 0.6) is 5.75 Å². The minimum Gasteiger partial charge on any atom is -0.481 e. The second-order valence-electron chi connectivity index (χ2n) is 6.30. The zero-order valence-corrected chi connectivity index (χ0v) is 17.1. The summed E-state index contributed by atoms with van der Waals surface area (Å²) in [5, 5.41) is 7.80. The van der Waals surface area contributed by atoms with Gasteiger partial charge in [-0.3, -0.25) is 18.7 Å². The summed E-state index contributed by atoms with van der Waals surface area (Å²) < 4.78 is 25.9. The zero-order chi connectivity index (χ0) is 22.0. The van der Waals surface area contributed by atoms with Crippen LogP contribution in [0.2, 0.25) is 0 Å². The summed E-state index contributed by atoms with van der Waals surface area (Å²) in [5.41, 5.74) is 4.10. The predicted octanol–water partition coefficient (Wildman–Crippen LogP) is 1.30. The molecule has 2 aromatic heterocycles. The largest absolute Gasteiger partial charge is 0.481 e. The number of carbonyl (C=O) groups is 1. The van der Waals surface area contributed by atoms with Crippen molar-refractivity contribution in [1.29, 1.82) is 0 Å². The van der Waals surface area contributed by atoms with Gasteiger partial charge in [0.15, 0.2) is 11.9 Å². The Labute approximate surface area is 173 Å². The van der Waals surface area contributed by atoms with Crippen LogP contribution in [-0.4, -0.2) is 30.9 Å². The third-order valence-corrected chi connectivity index (χ3v) is 5.03. The molecule has 12 heteroatoms. The van der Waals surface area contributed by atoms with E-state index >= 15 is 0 Å². The Morgan fingerprint density at radius 3 is 2.57 bits per heavy atom. The molecule has 0 radical (unpaired) electrons. The summed E-state index contributed by atoms with van der Waals surface area (Å²) in [7, 11) is 2.63. The summed E-state index contributed by atoms with van der Waals surface area (Å²) in [4.78, 5) is 36.6. The van der Waals surface area contributed by atoms with E-state index in [9.17, 15) is 18.8 Å². The van der Waals surface area contributed by atoms with Gasteiger partial charge in [0.25, 0.3) is 16.7 Å². The Morgan fingerprint density at radius 2 is 1.90 bits per heavy atom. The summed E-state index contributed by atoms with van der Waals surface area (Å²) in [6, 6.07) is 5.46. The second kappa shape index (κ2) is 8.53. The quantitative estimate of drug-likeness (QED) is 0.430. The van der Waals surface area contributed by atoms with Gasteiger partial charge in [0, 0.05) is 14.1 Å². The van der Waals surface area contributed by atoms with Gasteiger partial charge in [0.2, 0.25) is 0 Å². The Bertz CT molecular complexity index is 1200. The van der Waals surface area contributed by atoms with Gasteiger partial charge in [0.1, 0.15) is 22.9 Å². The van der Waals surface area contributed by atoms with Gasteiger partial charge in [-0.15, -0.1) is 10.2 Å². The highest BCUT2D eigenvalue weighted by atomic mass is 32.2. The van der Waals surface area contributed by atoms with E-state index in [-0.39, 0.29) is 34.1 Å². The Balaban J connectivity index is 1.68. The topological polar surface area (TPSA) is 135 Å². The fourth-order valence-corrected chi connectivity index (χ4v) is 3.17. The third-order valence-electron chi connectivity index (χ3n) is 4.21. The number of halogens is 1. The number of nitrogen functional groups attached to an aromatic ring is 1. The molecule has 3 aromatic rings. The maximum atomic E-state index is 13.0. The highest BCUT2D eigenvalue weighted by Gasteiger charge is 2.22. The fourth-order valence-electron chi connectivity index (χ4n) is 2.53. The molecule has 3 rings (SSSR count). The molecular weight excluding hydrogens is 417 g/mol. The van der Waals surface area contributed by atoms with Crippen molar-refractivity contribution >= 4 is 23.4 Å². The molecule has 0 amide bonds. The molecule has 158 valence electrons. The van der Waals surface area contributed by atoms with Gasteiger partial charge in [-0.05, 0) is 31.2 Å². The SMILES string of the molecule is C[C@H](Oc1ccc(F)cc1)c1nnc(SCC(=O)c2c(N)n(C)c(=O)n(C)c2=O)o1. The van der Waals surface area contributed by atoms with Crippen LogP contribution in [0, 0.1) is 5.82 Å². The molecule has 2 N–H and O–H groups in total. The number of hydrogen-bond donors (Lipinski definition) is 1. The smallest absolute Gasteiger partial charge is 0.332 e. The molecular formula is C18H18FN5O5S. The van der Waals surface area contributed by atoms with Gasteiger partial charge in [-0.25, -0.2) is 9.18 Å². The Kier molecular flexibility index (Phi) is 6.06. The first-order valence-electron chi connectivity index (χ1n) is 8.66. The number of carbonyl (C=O) groups excluding carboxylic acids is 1. The van der Waals surface area contributed by atoms with Crippen molar-refractivity contribution < 1.29 is 18.3 Å². The molecule has 0 spiro atoms. The van der Waals surface area contributed by atoms with Crippen molar-refractivity contribution in [2.75, 3.05) is 11.5 Å². The Hall–Kier alpha value is -3.41. The van der Waals surface area contributed by atoms with Crippen molar-refractivity contribution in [2.45, 2.75) is 18.3 Å². The summed E-state index contributed by atoms with van der Waals surface area (Å²) >= 11 is 0.917. The summed E-state index contributed by atoms with van der Waals surface area (Å²) in [6.45, 7) is 1.67. The molecule has 0 saturated heterocycles. The van der Waals surface area contributed by atoms with Crippen molar-refractivity contribution in [3.05, 3.63) is 62.4 Å². The highest BCUT2D eigenvalue weighted by molar-refractivity contribution is 7.99. The lowest BCUT2D eigenvalue weighted by Crippen LogP contribution is -2.41. The van der Waals surface area contributed by atoms with E-state index in [4.69, 9.17) is 14.9 Å². The van der Waals surface area contributed by atoms with Crippen LogP contribution >= 0.6 is 11.8 Å². The zero-order valence-electron chi connectivity index (χ0n) is 16.3. The van der Waals surface area contributed by atoms with Gasteiger partial charge in [0.05, 0.1) is 5.75 Å². The van der Waals surface area contributed by atoms with E-state index in [1.165, 1.54) is 38.4 Å². The van der Waals surface area contributed by atoms with E-state index in [1.54, 1.807) is 6.92 Å². The number of anilines is 1. The minimum absolute atomic E-state index is 0.0909. The number of nitrogens with two attached hydrogens (primary N) is 1. The molecule has 2 heterocycles. The van der Waals surface area contributed by atoms with Crippen LogP contribution in [0.4, 0.5) is 10.2 Å². The molecule has 0 bridgehead atoms. The number of nitrogens with zero attached hydrogens (tertiary/aromatic N) is 4. The first-order chi connectivity index (χ1) is 14.2. The molecule has 1 aromatic carbocycles. The number of ether oxygens (including phenoxy) is 1. The molecule has 0 fully saturated rings. The summed E-state index contributed by atoms with van der Waals surface area (Å²) in [6.07, 6.45) is -0.611. The lowest BCUT2D eigenvalue weighted by molar-refractivity contribution is 0.102. The number of benzene rings is 1. The molecule has 0 saturated carbocycles. The number of hydrogen-bond acceptors (Lipinski definition) is 9. The van der Waals surface area contributed by atoms with E-state index in [0.29, 0.717) is 5.75 Å². The molecule has 0 aliphatic rings. The number of rotatable bonds is 7. The van der Waals surface area contributed by atoms with Gasteiger partial charge in [-0.2, -0.15) is 0 Å². The Morgan fingerprint density at radius 1 is 1.23 bits per heavy atom. The maximum absolute atomic E-state index is 13.0. The average molecular weight is 435 g/mol. The lowest BCUT2D eigenvalue weighted by atomic mass is 10.2.